The fraction of sp³-hybridized carbons (Fsp3) is 0.364. The third kappa shape index (κ3) is 8.75. The summed E-state index contributed by atoms with van der Waals surface area (Å²) in [7, 11) is 0. The van der Waals surface area contributed by atoms with E-state index in [-0.39, 0.29) is 40.2 Å². The van der Waals surface area contributed by atoms with Gasteiger partial charge in [0.25, 0.3) is 11.8 Å². The van der Waals surface area contributed by atoms with Gasteiger partial charge in [-0.2, -0.15) is 0 Å². The molecule has 174 valence electrons. The first-order valence-corrected chi connectivity index (χ1v) is 10.1. The van der Waals surface area contributed by atoms with Crippen molar-refractivity contribution in [3.63, 3.8) is 0 Å². The highest BCUT2D eigenvalue weighted by molar-refractivity contribution is 5.95. The van der Waals surface area contributed by atoms with Crippen LogP contribution in [0.4, 0.5) is 13.2 Å². The fourth-order valence-electron chi connectivity index (χ4n) is 2.86. The summed E-state index contributed by atoms with van der Waals surface area (Å²) >= 11 is 0. The molecule has 0 radical (unpaired) electrons. The van der Waals surface area contributed by atoms with Gasteiger partial charge >= 0.3 is 6.36 Å². The van der Waals surface area contributed by atoms with Crippen molar-refractivity contribution in [3.05, 3.63) is 53.6 Å². The Morgan fingerprint density at radius 1 is 0.750 bits per heavy atom. The predicted molar refractivity (Wildman–Crippen MR) is 111 cm³/mol. The minimum absolute atomic E-state index is 0.247. The second kappa shape index (κ2) is 11.8. The number of halogens is 3. The Morgan fingerprint density at radius 2 is 1.25 bits per heavy atom. The van der Waals surface area contributed by atoms with E-state index in [1.165, 1.54) is 30.3 Å². The van der Waals surface area contributed by atoms with E-state index in [0.29, 0.717) is 13.1 Å². The van der Waals surface area contributed by atoms with E-state index >= 15 is 0 Å². The number of benzene rings is 2. The molecule has 0 unspecified atom stereocenters. The summed E-state index contributed by atoms with van der Waals surface area (Å²) in [5.41, 5.74) is 0.510. The van der Waals surface area contributed by atoms with Gasteiger partial charge in [0, 0.05) is 24.2 Å². The van der Waals surface area contributed by atoms with Gasteiger partial charge in [-0.25, -0.2) is 0 Å². The van der Waals surface area contributed by atoms with Gasteiger partial charge in [0.05, 0.1) is 0 Å². The van der Waals surface area contributed by atoms with E-state index in [9.17, 15) is 33.0 Å². The van der Waals surface area contributed by atoms with E-state index in [0.717, 1.165) is 44.2 Å². The zero-order valence-electron chi connectivity index (χ0n) is 17.2. The van der Waals surface area contributed by atoms with Crippen molar-refractivity contribution in [2.45, 2.75) is 38.5 Å². The monoisotopic (exact) mass is 454 g/mol. The molecule has 0 saturated heterocycles. The second-order valence-electron chi connectivity index (χ2n) is 7.06. The highest BCUT2D eigenvalue weighted by Gasteiger charge is 2.31. The topological polar surface area (TPSA) is 108 Å². The van der Waals surface area contributed by atoms with Crippen molar-refractivity contribution < 1.29 is 37.7 Å². The summed E-state index contributed by atoms with van der Waals surface area (Å²) in [6.07, 6.45) is -0.579. The minimum atomic E-state index is -4.77. The van der Waals surface area contributed by atoms with Crippen molar-refractivity contribution in [2.75, 3.05) is 13.1 Å². The fourth-order valence-corrected chi connectivity index (χ4v) is 2.86. The van der Waals surface area contributed by atoms with Crippen molar-refractivity contribution in [1.29, 1.82) is 0 Å². The quantitative estimate of drug-likeness (QED) is 0.302. The first-order valence-electron chi connectivity index (χ1n) is 10.1. The number of unbranched alkanes of at least 4 members (excludes halogenated alkanes) is 4. The number of rotatable bonds is 11. The molecule has 0 aliphatic rings. The molecule has 4 N–H and O–H groups in total. The highest BCUT2D eigenvalue weighted by atomic mass is 19.4. The molecule has 0 aliphatic heterocycles. The summed E-state index contributed by atoms with van der Waals surface area (Å²) < 4.78 is 40.2. The molecule has 32 heavy (non-hydrogen) atoms. The van der Waals surface area contributed by atoms with Crippen LogP contribution >= 0.6 is 0 Å². The molecule has 0 fully saturated rings. The molecule has 0 bridgehead atoms. The van der Waals surface area contributed by atoms with E-state index in [4.69, 9.17) is 0 Å². The smallest absolute Gasteiger partial charge is 0.504 e. The maximum Gasteiger partial charge on any atom is 0.573 e. The van der Waals surface area contributed by atoms with Gasteiger partial charge in [0.2, 0.25) is 0 Å². The Balaban J connectivity index is 1.53. The zero-order chi connectivity index (χ0) is 23.6. The molecule has 2 aromatic carbocycles. The first-order chi connectivity index (χ1) is 15.2. The molecule has 0 heterocycles. The van der Waals surface area contributed by atoms with E-state index in [1.54, 1.807) is 0 Å². The summed E-state index contributed by atoms with van der Waals surface area (Å²) in [4.78, 5) is 23.9. The molecule has 10 heteroatoms. The van der Waals surface area contributed by atoms with Crippen LogP contribution in [0.25, 0.3) is 0 Å². The normalized spacial score (nSPS) is 11.1. The number of amides is 2. The average Bonchev–Trinajstić information content (AvgIpc) is 2.73. The Morgan fingerprint density at radius 3 is 1.78 bits per heavy atom. The van der Waals surface area contributed by atoms with Crippen molar-refractivity contribution in [3.8, 4) is 17.2 Å². The second-order valence-corrected chi connectivity index (χ2v) is 7.06. The van der Waals surface area contributed by atoms with Crippen molar-refractivity contribution >= 4 is 11.8 Å². The van der Waals surface area contributed by atoms with Crippen LogP contribution in [0.5, 0.6) is 17.2 Å². The number of hydrogen-bond donors (Lipinski definition) is 4. The van der Waals surface area contributed by atoms with Crippen molar-refractivity contribution in [1.82, 2.24) is 10.6 Å². The molecule has 7 nitrogen and oxygen atoms in total. The lowest BCUT2D eigenvalue weighted by atomic mass is 10.1. The molecule has 0 saturated carbocycles. The standard InChI is InChI=1S/C22H25F3N2O5/c23-22(24,25)32-17-9-6-15(7-10-17)20(30)26-12-4-2-1-3-5-13-27-21(31)16-8-11-18(28)19(29)14-16/h6-11,14,28-29H,1-5,12-13H2,(H,26,30)(H,27,31). The van der Waals surface area contributed by atoms with Gasteiger partial charge < -0.3 is 25.6 Å². The lowest BCUT2D eigenvalue weighted by Gasteiger charge is -2.09. The number of carbonyl (C=O) groups excluding carboxylic acids is 2. The van der Waals surface area contributed by atoms with Crippen LogP contribution in [0.1, 0.15) is 52.8 Å². The molecule has 0 spiro atoms. The number of carbonyl (C=O) groups is 2. The van der Waals surface area contributed by atoms with Crippen LogP contribution < -0.4 is 15.4 Å². The number of ether oxygens (including phenoxy) is 1. The third-order valence-electron chi connectivity index (χ3n) is 4.51. The summed E-state index contributed by atoms with van der Waals surface area (Å²) in [5, 5.41) is 24.1. The maximum atomic E-state index is 12.1. The minimum Gasteiger partial charge on any atom is -0.504 e. The van der Waals surface area contributed by atoms with E-state index in [1.807, 2.05) is 0 Å². The van der Waals surface area contributed by atoms with Crippen LogP contribution in [0.3, 0.4) is 0 Å². The molecule has 0 aromatic heterocycles. The van der Waals surface area contributed by atoms with Gasteiger partial charge in [0.1, 0.15) is 5.75 Å². The van der Waals surface area contributed by atoms with Crippen LogP contribution in [0.15, 0.2) is 42.5 Å². The maximum absolute atomic E-state index is 12.1. The van der Waals surface area contributed by atoms with Gasteiger partial charge in [-0.3, -0.25) is 9.59 Å². The van der Waals surface area contributed by atoms with Gasteiger partial charge in [0.15, 0.2) is 11.5 Å². The lowest BCUT2D eigenvalue weighted by Crippen LogP contribution is -2.24. The summed E-state index contributed by atoms with van der Waals surface area (Å²) in [6, 6.07) is 8.58. The largest absolute Gasteiger partial charge is 0.573 e. The molecule has 2 rings (SSSR count). The van der Waals surface area contributed by atoms with Gasteiger partial charge in [-0.1, -0.05) is 19.3 Å². The van der Waals surface area contributed by atoms with E-state index < -0.39 is 6.36 Å². The lowest BCUT2D eigenvalue weighted by molar-refractivity contribution is -0.274. The number of nitrogens with one attached hydrogen (secondary N) is 2. The zero-order valence-corrected chi connectivity index (χ0v) is 17.2. The molecule has 0 atom stereocenters. The number of hydrogen-bond acceptors (Lipinski definition) is 5. The first kappa shape index (κ1) is 24.8. The highest BCUT2D eigenvalue weighted by Crippen LogP contribution is 2.25. The Labute approximate surface area is 183 Å². The Hall–Kier alpha value is -3.43. The van der Waals surface area contributed by atoms with Crippen LogP contribution in [-0.2, 0) is 0 Å². The Bertz CT molecular complexity index is 901. The van der Waals surface area contributed by atoms with Crippen LogP contribution in [0, 0.1) is 0 Å². The number of aromatic hydroxyl groups is 2. The van der Waals surface area contributed by atoms with Gasteiger partial charge in [-0.15, -0.1) is 13.2 Å². The van der Waals surface area contributed by atoms with Crippen molar-refractivity contribution in [2.24, 2.45) is 0 Å². The Kier molecular flexibility index (Phi) is 9.18. The van der Waals surface area contributed by atoms with Crippen LogP contribution in [-0.4, -0.2) is 41.5 Å². The van der Waals surface area contributed by atoms with Gasteiger partial charge in [-0.05, 0) is 55.3 Å². The summed E-state index contributed by atoms with van der Waals surface area (Å²) in [5.74, 6) is -1.72. The number of phenolic OH excluding ortho intramolecular Hbond substituents is 2. The molecular formula is C22H25F3N2O5. The SMILES string of the molecule is O=C(NCCCCCCCNC(=O)c1ccc(O)c(O)c1)c1ccc(OC(F)(F)F)cc1. The number of alkyl halides is 3. The molecule has 2 amide bonds. The summed E-state index contributed by atoms with van der Waals surface area (Å²) in [6.45, 7) is 0.923. The average molecular weight is 454 g/mol. The molecule has 2 aromatic rings. The molecule has 0 aliphatic carbocycles. The van der Waals surface area contributed by atoms with Crippen LogP contribution in [0.2, 0.25) is 0 Å². The number of phenols is 2. The van der Waals surface area contributed by atoms with E-state index in [2.05, 4.69) is 15.4 Å². The molecular weight excluding hydrogens is 429 g/mol. The third-order valence-corrected chi connectivity index (χ3v) is 4.51. The predicted octanol–water partition coefficient (Wildman–Crippen LogP) is 4.11.